The number of carbonyl (C=O) groups is 2. The summed E-state index contributed by atoms with van der Waals surface area (Å²) in [4.78, 5) is 25.9. The fourth-order valence-electron chi connectivity index (χ4n) is 4.12. The highest BCUT2D eigenvalue weighted by Gasteiger charge is 2.34. The number of aromatic nitrogens is 3. The quantitative estimate of drug-likeness (QED) is 0.156. The van der Waals surface area contributed by atoms with Gasteiger partial charge in [0.1, 0.15) is 40.8 Å². The van der Waals surface area contributed by atoms with Gasteiger partial charge in [-0.05, 0) is 54.8 Å². The van der Waals surface area contributed by atoms with Crippen molar-refractivity contribution in [2.45, 2.75) is 25.9 Å². The van der Waals surface area contributed by atoms with Gasteiger partial charge in [-0.1, -0.05) is 54.6 Å². The summed E-state index contributed by atoms with van der Waals surface area (Å²) in [5.41, 5.74) is 4.25. The Morgan fingerprint density at radius 1 is 1.05 bits per heavy atom. The van der Waals surface area contributed by atoms with Gasteiger partial charge in [-0.2, -0.15) is 0 Å². The molecule has 1 aromatic heterocycles. The molecule has 0 saturated carbocycles. The van der Waals surface area contributed by atoms with E-state index in [0.717, 1.165) is 22.2 Å². The zero-order valence-electron chi connectivity index (χ0n) is 21.2. The Morgan fingerprint density at radius 2 is 1.76 bits per heavy atom. The maximum absolute atomic E-state index is 12.5. The third-order valence-corrected chi connectivity index (χ3v) is 6.28. The maximum Gasteiger partial charge on any atom is 0.316 e. The number of epoxide rings is 1. The van der Waals surface area contributed by atoms with Gasteiger partial charge in [0.2, 0.25) is 0 Å². The molecule has 2 atom stereocenters. The van der Waals surface area contributed by atoms with Crippen molar-refractivity contribution in [3.05, 3.63) is 90.0 Å². The average molecular weight is 512 g/mol. The Kier molecular flexibility index (Phi) is 7.89. The third-order valence-electron chi connectivity index (χ3n) is 6.28. The zero-order valence-corrected chi connectivity index (χ0v) is 21.2. The highest BCUT2D eigenvalue weighted by atomic mass is 16.6. The van der Waals surface area contributed by atoms with Gasteiger partial charge in [-0.15, -0.1) is 15.0 Å². The molecule has 0 amide bonds. The van der Waals surface area contributed by atoms with Gasteiger partial charge >= 0.3 is 5.97 Å². The maximum atomic E-state index is 12.5. The average Bonchev–Trinajstić information content (AvgIpc) is 3.65. The number of hydrogen-bond acceptors (Lipinski definition) is 7. The topological polar surface area (TPSA) is 95.8 Å². The van der Waals surface area contributed by atoms with E-state index >= 15 is 0 Å². The second-order valence-corrected chi connectivity index (χ2v) is 9.18. The van der Waals surface area contributed by atoms with Crippen LogP contribution in [0.5, 0.6) is 5.75 Å². The minimum Gasteiger partial charge on any atom is -0.487 e. The highest BCUT2D eigenvalue weighted by Crippen LogP contribution is 2.26. The van der Waals surface area contributed by atoms with Crippen molar-refractivity contribution in [2.24, 2.45) is 5.92 Å². The van der Waals surface area contributed by atoms with Crippen molar-refractivity contribution in [1.29, 1.82) is 0 Å². The number of esters is 1. The van der Waals surface area contributed by atoms with Gasteiger partial charge in [0.05, 0.1) is 19.3 Å². The number of ketones is 1. The smallest absolute Gasteiger partial charge is 0.316 e. The van der Waals surface area contributed by atoms with Crippen LogP contribution < -0.4 is 4.74 Å². The summed E-state index contributed by atoms with van der Waals surface area (Å²) in [5.74, 6) is -0.853. The number of fused-ring (bicyclic) bond motifs is 1. The van der Waals surface area contributed by atoms with Crippen LogP contribution in [-0.4, -0.2) is 52.7 Å². The lowest BCUT2D eigenvalue weighted by molar-refractivity contribution is -0.152. The van der Waals surface area contributed by atoms with Crippen LogP contribution >= 0.6 is 0 Å². The second kappa shape index (κ2) is 11.8. The molecule has 0 N–H and O–H groups in total. The highest BCUT2D eigenvalue weighted by molar-refractivity contribution is 5.97. The van der Waals surface area contributed by atoms with Crippen molar-refractivity contribution in [2.75, 3.05) is 19.8 Å². The summed E-state index contributed by atoms with van der Waals surface area (Å²) in [6.07, 6.45) is 4.79. The number of nitrogens with zero attached hydrogens (tertiary/aromatic N) is 3. The first-order valence-electron chi connectivity index (χ1n) is 12.7. The van der Waals surface area contributed by atoms with Crippen LogP contribution in [0.15, 0.2) is 78.9 Å². The molecule has 0 bridgehead atoms. The van der Waals surface area contributed by atoms with Crippen molar-refractivity contribution in [1.82, 2.24) is 15.0 Å². The number of ether oxygens (including phenoxy) is 3. The normalized spacial score (nSPS) is 15.4. The van der Waals surface area contributed by atoms with Gasteiger partial charge in [0.15, 0.2) is 0 Å². The molecule has 1 fully saturated rings. The van der Waals surface area contributed by atoms with Crippen LogP contribution in [0.1, 0.15) is 24.5 Å². The van der Waals surface area contributed by atoms with E-state index < -0.39 is 11.9 Å². The van der Waals surface area contributed by atoms with Crippen LogP contribution in [0.2, 0.25) is 0 Å². The second-order valence-electron chi connectivity index (χ2n) is 9.18. The lowest BCUT2D eigenvalue weighted by Gasteiger charge is -2.14. The molecule has 0 aliphatic carbocycles. The Balaban J connectivity index is 1.29. The Labute approximate surface area is 220 Å². The lowest BCUT2D eigenvalue weighted by atomic mass is 9.99. The number of Topliss-reactive ketones (excluding diaryl/α,β-unsaturated/α-hetero) is 1. The Hall–Kier alpha value is -4.30. The molecular weight excluding hydrogens is 482 g/mol. The molecule has 4 aromatic rings. The van der Waals surface area contributed by atoms with Gasteiger partial charge in [-0.3, -0.25) is 9.59 Å². The van der Waals surface area contributed by atoms with Gasteiger partial charge < -0.3 is 14.2 Å². The zero-order chi connectivity index (χ0) is 26.3. The van der Waals surface area contributed by atoms with Crippen molar-refractivity contribution < 1.29 is 23.8 Å². The first-order chi connectivity index (χ1) is 18.6. The summed E-state index contributed by atoms with van der Waals surface area (Å²) in [7, 11) is 0. The molecule has 8 nitrogen and oxygen atoms in total. The summed E-state index contributed by atoms with van der Waals surface area (Å²) in [6.45, 7) is 2.53. The summed E-state index contributed by atoms with van der Waals surface area (Å²) in [5, 5.41) is 9.24. The first kappa shape index (κ1) is 25.4. The van der Waals surface area contributed by atoms with E-state index in [4.69, 9.17) is 14.2 Å². The van der Waals surface area contributed by atoms with Crippen molar-refractivity contribution in [3.8, 4) is 11.4 Å². The van der Waals surface area contributed by atoms with E-state index in [1.807, 2.05) is 84.9 Å². The van der Waals surface area contributed by atoms with Crippen LogP contribution in [0.4, 0.5) is 0 Å². The minimum atomic E-state index is -0.779. The van der Waals surface area contributed by atoms with Crippen LogP contribution in [0.25, 0.3) is 22.8 Å². The molecule has 38 heavy (non-hydrogen) atoms. The van der Waals surface area contributed by atoms with E-state index in [1.165, 1.54) is 6.92 Å². The van der Waals surface area contributed by atoms with Crippen LogP contribution in [-0.2, 0) is 25.5 Å². The summed E-state index contributed by atoms with van der Waals surface area (Å²) < 4.78 is 16.7. The molecule has 194 valence electrons. The van der Waals surface area contributed by atoms with E-state index in [9.17, 15) is 9.59 Å². The fraction of sp³-hybridized carbons (Fsp3) is 0.267. The fourth-order valence-corrected chi connectivity index (χ4v) is 4.12. The van der Waals surface area contributed by atoms with Gasteiger partial charge in [-0.25, -0.2) is 0 Å². The van der Waals surface area contributed by atoms with Gasteiger partial charge in [0.25, 0.3) is 0 Å². The third kappa shape index (κ3) is 6.52. The molecule has 1 aliphatic heterocycles. The van der Waals surface area contributed by atoms with Crippen molar-refractivity contribution >= 4 is 28.9 Å². The number of hydrogen-bond donors (Lipinski definition) is 0. The standard InChI is InChI=1S/C30H29N3O5/c1-21(34)25(19-24-20-38-24)30(35)37-17-15-23-13-14-29(36-16-7-10-22-8-3-2-4-9-22)28(18-23)33-31-26-11-5-6-12-27(26)32-33/h2-14,18,24-25H,15-17,19-20H2,1H3. The van der Waals surface area contributed by atoms with E-state index in [-0.39, 0.29) is 18.5 Å². The molecule has 0 radical (unpaired) electrons. The predicted octanol–water partition coefficient (Wildman–Crippen LogP) is 4.59. The summed E-state index contributed by atoms with van der Waals surface area (Å²) >= 11 is 0. The monoisotopic (exact) mass is 511 g/mol. The van der Waals surface area contributed by atoms with E-state index in [1.54, 1.807) is 4.80 Å². The molecular formula is C30H29N3O5. The largest absolute Gasteiger partial charge is 0.487 e. The van der Waals surface area contributed by atoms with Gasteiger partial charge in [0, 0.05) is 6.42 Å². The number of benzene rings is 3. The molecule has 2 unspecified atom stereocenters. The molecule has 0 spiro atoms. The van der Waals surface area contributed by atoms with Crippen molar-refractivity contribution in [3.63, 3.8) is 0 Å². The molecule has 5 rings (SSSR count). The van der Waals surface area contributed by atoms with Crippen LogP contribution in [0, 0.1) is 5.92 Å². The molecule has 1 saturated heterocycles. The van der Waals surface area contributed by atoms with E-state index in [2.05, 4.69) is 10.2 Å². The lowest BCUT2D eigenvalue weighted by Crippen LogP contribution is -2.26. The first-order valence-corrected chi connectivity index (χ1v) is 12.7. The minimum absolute atomic E-state index is 0.0221. The predicted molar refractivity (Wildman–Crippen MR) is 143 cm³/mol. The molecule has 8 heteroatoms. The molecule has 2 heterocycles. The van der Waals surface area contributed by atoms with Crippen LogP contribution in [0.3, 0.4) is 0 Å². The molecule has 1 aliphatic rings. The SMILES string of the molecule is CC(=O)C(CC1CO1)C(=O)OCCc1ccc(OCC=Cc2ccccc2)c(-n2nc3ccccc3n2)c1. The number of carbonyl (C=O) groups excluding carboxylic acids is 2. The summed E-state index contributed by atoms with van der Waals surface area (Å²) in [6, 6.07) is 23.4. The number of rotatable bonds is 12. The Morgan fingerprint density at radius 3 is 2.45 bits per heavy atom. The Bertz CT molecular complexity index is 1410. The molecule has 3 aromatic carbocycles. The van der Waals surface area contributed by atoms with E-state index in [0.29, 0.717) is 37.5 Å².